The Hall–Kier alpha value is -2.58. The minimum atomic E-state index is -0.740. The number of nitrogens with zero attached hydrogens (tertiary/aromatic N) is 2. The third-order valence-corrected chi connectivity index (χ3v) is 6.10. The first-order chi connectivity index (χ1) is 16.2. The summed E-state index contributed by atoms with van der Waals surface area (Å²) in [5.41, 5.74) is 8.27. The van der Waals surface area contributed by atoms with Crippen LogP contribution in [0.2, 0.25) is 5.02 Å². The monoisotopic (exact) mass is 506 g/mol. The molecule has 1 fully saturated rings. The molecule has 0 spiro atoms. The van der Waals surface area contributed by atoms with E-state index in [-0.39, 0.29) is 24.6 Å². The van der Waals surface area contributed by atoms with Gasteiger partial charge in [0.05, 0.1) is 17.6 Å². The summed E-state index contributed by atoms with van der Waals surface area (Å²) in [6, 6.07) is 6.41. The molecule has 1 aliphatic heterocycles. The Kier molecular flexibility index (Phi) is 9.75. The van der Waals surface area contributed by atoms with Gasteiger partial charge >= 0.3 is 12.0 Å². The van der Waals surface area contributed by atoms with E-state index in [0.29, 0.717) is 18.0 Å². The summed E-state index contributed by atoms with van der Waals surface area (Å²) in [6.07, 6.45) is 6.27. The molecule has 0 unspecified atom stereocenters. The summed E-state index contributed by atoms with van der Waals surface area (Å²) >= 11 is 6.17. The summed E-state index contributed by atoms with van der Waals surface area (Å²) in [7, 11) is 0. The highest BCUT2D eigenvalue weighted by atomic mass is 35.5. The van der Waals surface area contributed by atoms with Gasteiger partial charge in [0.25, 0.3) is 5.91 Å². The smallest absolute Gasteiger partial charge is 0.339 e. The van der Waals surface area contributed by atoms with Gasteiger partial charge in [-0.05, 0) is 64.7 Å². The molecule has 1 aliphatic rings. The highest BCUT2D eigenvalue weighted by Crippen LogP contribution is 2.29. The zero-order valence-electron chi connectivity index (χ0n) is 21.6. The van der Waals surface area contributed by atoms with E-state index in [9.17, 15) is 14.4 Å². The molecule has 0 bridgehead atoms. The summed E-state index contributed by atoms with van der Waals surface area (Å²) in [5, 5.41) is 2.00. The zero-order chi connectivity index (χ0) is 26.4. The number of benzene rings is 1. The van der Waals surface area contributed by atoms with E-state index in [1.807, 2.05) is 64.1 Å². The number of rotatable bonds is 7. The van der Waals surface area contributed by atoms with Crippen LogP contribution in [0.4, 0.5) is 4.79 Å². The van der Waals surface area contributed by atoms with Crippen LogP contribution >= 0.6 is 11.6 Å². The summed E-state index contributed by atoms with van der Waals surface area (Å²) in [5.74, 6) is -0.769. The topological polar surface area (TPSA) is 105 Å². The summed E-state index contributed by atoms with van der Waals surface area (Å²) < 4.78 is 5.38. The van der Waals surface area contributed by atoms with Crippen LogP contribution in [0.25, 0.3) is 0 Å². The molecule has 1 saturated heterocycles. The Morgan fingerprint density at radius 3 is 2.57 bits per heavy atom. The van der Waals surface area contributed by atoms with Gasteiger partial charge in [-0.15, -0.1) is 0 Å². The molecule has 3 amide bonds. The Morgan fingerprint density at radius 1 is 1.31 bits per heavy atom. The maximum Gasteiger partial charge on any atom is 0.339 e. The van der Waals surface area contributed by atoms with Gasteiger partial charge in [-0.25, -0.2) is 9.80 Å². The molecular weight excluding hydrogens is 468 g/mol. The standard InChI is InChI=1S/C26H39ClN4O4/c1-18(28)23(33)29-31(25(3,4)5)24(34)30-14-8-11-22(30)12-13-26(6,17-35-19(2)32)16-20-9-7-10-21(27)15-20/h7,9-10,12-13,15,18,22H,8,11,14,16-17,28H2,1-6H3,(H,29,33)/b13-12+/t18-,22-,26-/m0/s1. The first-order valence-electron chi connectivity index (χ1n) is 12.0. The van der Waals surface area contributed by atoms with Crippen LogP contribution in [0.3, 0.4) is 0 Å². The van der Waals surface area contributed by atoms with E-state index in [1.54, 1.807) is 11.8 Å². The minimum Gasteiger partial charge on any atom is -0.465 e. The van der Waals surface area contributed by atoms with Crippen molar-refractivity contribution < 1.29 is 19.1 Å². The third-order valence-electron chi connectivity index (χ3n) is 5.87. The largest absolute Gasteiger partial charge is 0.465 e. The number of carbonyl (C=O) groups excluding carboxylic acids is 3. The highest BCUT2D eigenvalue weighted by Gasteiger charge is 2.37. The molecule has 9 heteroatoms. The van der Waals surface area contributed by atoms with Gasteiger partial charge < -0.3 is 15.4 Å². The lowest BCUT2D eigenvalue weighted by atomic mass is 9.83. The fourth-order valence-corrected chi connectivity index (χ4v) is 4.17. The predicted molar refractivity (Wildman–Crippen MR) is 138 cm³/mol. The van der Waals surface area contributed by atoms with Crippen LogP contribution in [0.5, 0.6) is 0 Å². The number of nitrogens with one attached hydrogen (secondary N) is 1. The lowest BCUT2D eigenvalue weighted by Gasteiger charge is -2.39. The number of hydrogen-bond acceptors (Lipinski definition) is 5. The van der Waals surface area contributed by atoms with Gasteiger partial charge in [0.15, 0.2) is 0 Å². The molecular formula is C26H39ClN4O4. The predicted octanol–water partition coefficient (Wildman–Crippen LogP) is 4.07. The lowest BCUT2D eigenvalue weighted by Crippen LogP contribution is -2.62. The van der Waals surface area contributed by atoms with Gasteiger partial charge in [0.1, 0.15) is 6.61 Å². The second kappa shape index (κ2) is 11.9. The number of amides is 3. The van der Waals surface area contributed by atoms with Gasteiger partial charge in [-0.1, -0.05) is 42.8 Å². The van der Waals surface area contributed by atoms with Crippen molar-refractivity contribution in [3.05, 3.63) is 47.0 Å². The summed E-state index contributed by atoms with van der Waals surface area (Å²) in [4.78, 5) is 39.1. The van der Waals surface area contributed by atoms with Crippen molar-refractivity contribution in [2.45, 2.75) is 78.4 Å². The number of hydrogen-bond donors (Lipinski definition) is 2. The number of esters is 1. The Morgan fingerprint density at radius 2 is 2.00 bits per heavy atom. The van der Waals surface area contributed by atoms with Gasteiger partial charge in [-0.2, -0.15) is 0 Å². The van der Waals surface area contributed by atoms with Crippen LogP contribution < -0.4 is 11.2 Å². The molecule has 2 rings (SSSR count). The second-order valence-corrected chi connectivity index (χ2v) is 11.0. The molecule has 0 aromatic heterocycles. The first kappa shape index (κ1) is 28.7. The van der Waals surface area contributed by atoms with E-state index in [0.717, 1.165) is 18.4 Å². The van der Waals surface area contributed by atoms with Crippen LogP contribution in [-0.4, -0.2) is 58.6 Å². The second-order valence-electron chi connectivity index (χ2n) is 10.6. The molecule has 3 atom stereocenters. The van der Waals surface area contributed by atoms with E-state index >= 15 is 0 Å². The molecule has 0 aliphatic carbocycles. The van der Waals surface area contributed by atoms with Crippen molar-refractivity contribution >= 4 is 29.5 Å². The number of hydrazine groups is 1. The SMILES string of the molecule is CC(=O)OC[C@@](C)(/C=C/[C@@H]1CCCN1C(=O)N(NC(=O)[C@H](C)N)C(C)(C)C)Cc1cccc(Cl)c1. The number of halogens is 1. The zero-order valence-corrected chi connectivity index (χ0v) is 22.4. The average Bonchev–Trinajstić information content (AvgIpc) is 3.22. The maximum absolute atomic E-state index is 13.5. The molecule has 1 aromatic carbocycles. The van der Waals surface area contributed by atoms with Crippen molar-refractivity contribution in [2.75, 3.05) is 13.2 Å². The number of ether oxygens (including phenoxy) is 1. The van der Waals surface area contributed by atoms with Crippen LogP contribution in [0, 0.1) is 5.41 Å². The molecule has 1 aromatic rings. The van der Waals surface area contributed by atoms with E-state index < -0.39 is 22.9 Å². The highest BCUT2D eigenvalue weighted by molar-refractivity contribution is 6.30. The number of urea groups is 1. The molecule has 0 saturated carbocycles. The fraction of sp³-hybridized carbons (Fsp3) is 0.577. The average molecular weight is 507 g/mol. The fourth-order valence-electron chi connectivity index (χ4n) is 3.95. The van der Waals surface area contributed by atoms with Gasteiger partial charge in [0.2, 0.25) is 0 Å². The molecule has 1 heterocycles. The van der Waals surface area contributed by atoms with Crippen molar-refractivity contribution in [1.29, 1.82) is 0 Å². The molecule has 194 valence electrons. The number of carbonyl (C=O) groups is 3. The number of nitrogens with two attached hydrogens (primary N) is 1. The van der Waals surface area contributed by atoms with Crippen LogP contribution in [0.15, 0.2) is 36.4 Å². The molecule has 0 radical (unpaired) electrons. The Balaban J connectivity index is 2.26. The quantitative estimate of drug-likeness (QED) is 0.329. The van der Waals surface area contributed by atoms with Gasteiger partial charge in [0, 0.05) is 23.9 Å². The lowest BCUT2D eigenvalue weighted by molar-refractivity contribution is -0.143. The van der Waals surface area contributed by atoms with Crippen LogP contribution in [-0.2, 0) is 20.7 Å². The van der Waals surface area contributed by atoms with E-state index in [1.165, 1.54) is 11.9 Å². The van der Waals surface area contributed by atoms with Crippen molar-refractivity contribution in [2.24, 2.45) is 11.1 Å². The molecule has 3 N–H and O–H groups in total. The summed E-state index contributed by atoms with van der Waals surface area (Å²) in [6.45, 7) is 11.3. The third kappa shape index (κ3) is 8.54. The van der Waals surface area contributed by atoms with E-state index in [2.05, 4.69) is 5.43 Å². The minimum absolute atomic E-state index is 0.157. The van der Waals surface area contributed by atoms with Crippen molar-refractivity contribution in [1.82, 2.24) is 15.3 Å². The Bertz CT molecular complexity index is 944. The van der Waals surface area contributed by atoms with Crippen molar-refractivity contribution in [3.63, 3.8) is 0 Å². The van der Waals surface area contributed by atoms with Gasteiger partial charge in [-0.3, -0.25) is 15.0 Å². The van der Waals surface area contributed by atoms with E-state index in [4.69, 9.17) is 22.1 Å². The molecule has 35 heavy (non-hydrogen) atoms. The Labute approximate surface area is 213 Å². The maximum atomic E-state index is 13.5. The normalized spacial score (nSPS) is 18.7. The number of likely N-dealkylation sites (tertiary alicyclic amines) is 1. The van der Waals surface area contributed by atoms with Crippen molar-refractivity contribution in [3.8, 4) is 0 Å². The van der Waals surface area contributed by atoms with Crippen LogP contribution in [0.1, 0.15) is 59.9 Å². The molecule has 8 nitrogen and oxygen atoms in total. The first-order valence-corrected chi connectivity index (χ1v) is 12.3.